The summed E-state index contributed by atoms with van der Waals surface area (Å²) < 4.78 is 0. The van der Waals surface area contributed by atoms with E-state index in [0.29, 0.717) is 11.7 Å². The highest BCUT2D eigenvalue weighted by Crippen LogP contribution is 2.00. The molecule has 14 heavy (non-hydrogen) atoms. The maximum Gasteiger partial charge on any atom is 0.255 e. The Hall–Kier alpha value is -2.41. The van der Waals surface area contributed by atoms with Gasteiger partial charge in [0.25, 0.3) is 5.71 Å². The molecule has 0 radical (unpaired) electrons. The van der Waals surface area contributed by atoms with Crippen molar-refractivity contribution in [2.75, 3.05) is 0 Å². The summed E-state index contributed by atoms with van der Waals surface area (Å²) in [6.07, 6.45) is 1.50. The van der Waals surface area contributed by atoms with Gasteiger partial charge in [-0.2, -0.15) is 10.5 Å². The second-order valence-electron chi connectivity index (χ2n) is 2.22. The van der Waals surface area contributed by atoms with Crippen molar-refractivity contribution in [1.29, 1.82) is 15.9 Å². The second-order valence-corrected chi connectivity index (χ2v) is 2.22. The van der Waals surface area contributed by atoms with Crippen LogP contribution in [0.25, 0.3) is 0 Å². The van der Waals surface area contributed by atoms with Gasteiger partial charge in [-0.25, -0.2) is 4.99 Å². The number of rotatable bonds is 0. The van der Waals surface area contributed by atoms with E-state index in [0.717, 1.165) is 12.8 Å². The number of amidine groups is 2. The van der Waals surface area contributed by atoms with Crippen LogP contribution in [0.2, 0.25) is 0 Å². The Morgan fingerprint density at radius 1 is 1.50 bits per heavy atom. The first-order valence-corrected chi connectivity index (χ1v) is 3.56. The number of hydrogen-bond acceptors (Lipinski definition) is 6. The number of oxime groups is 1. The Bertz CT molecular complexity index is 339. The molecule has 0 aromatic rings. The third-order valence-corrected chi connectivity index (χ3v) is 1.21. The van der Waals surface area contributed by atoms with Gasteiger partial charge in [-0.05, 0) is 0 Å². The molecule has 0 amide bonds. The van der Waals surface area contributed by atoms with E-state index >= 15 is 0 Å². The molecule has 7 nitrogen and oxygen atoms in total. The highest BCUT2D eigenvalue weighted by Gasteiger charge is 2.04. The molecule has 7 heteroatoms. The van der Waals surface area contributed by atoms with Crippen LogP contribution in [-0.4, -0.2) is 22.6 Å². The average molecular weight is 192 g/mol. The zero-order valence-electron chi connectivity index (χ0n) is 7.23. The fraction of sp³-hybridized carbons (Fsp3) is 0.286. The molecule has 0 bridgehead atoms. The number of nitrogens with zero attached hydrogens (tertiary/aromatic N) is 4. The molecule has 0 spiro atoms. The summed E-state index contributed by atoms with van der Waals surface area (Å²) in [5.74, 6) is 1.02. The summed E-state index contributed by atoms with van der Waals surface area (Å²) in [6, 6.07) is 2.68. The fourth-order valence-electron chi connectivity index (χ4n) is 0.601. The number of nitrogens with two attached hydrogens (primary N) is 1. The van der Waals surface area contributed by atoms with Gasteiger partial charge in [0.1, 0.15) is 23.8 Å². The van der Waals surface area contributed by atoms with Gasteiger partial charge in [0.05, 0.1) is 0 Å². The number of hydrogen-bond donors (Lipinski definition) is 3. The Labute approximate surface area is 80.3 Å². The minimum Gasteiger partial charge on any atom is -0.409 e. The number of nitrogens with one attached hydrogen (secondary N) is 1. The first-order valence-electron chi connectivity index (χ1n) is 3.56. The van der Waals surface area contributed by atoms with Crippen LogP contribution in [0.15, 0.2) is 10.1 Å². The summed E-state index contributed by atoms with van der Waals surface area (Å²) in [4.78, 5) is 3.67. The zero-order chi connectivity index (χ0) is 11.0. The van der Waals surface area contributed by atoms with E-state index < -0.39 is 5.71 Å². The molecule has 0 aromatic heterocycles. The van der Waals surface area contributed by atoms with Crippen LogP contribution in [0.3, 0.4) is 0 Å². The molecule has 1 aliphatic rings. The van der Waals surface area contributed by atoms with Gasteiger partial charge >= 0.3 is 0 Å². The summed E-state index contributed by atoms with van der Waals surface area (Å²) in [7, 11) is 0. The maximum absolute atomic E-state index is 7.76. The van der Waals surface area contributed by atoms with Crippen LogP contribution in [0.1, 0.15) is 12.8 Å². The van der Waals surface area contributed by atoms with E-state index in [1.807, 2.05) is 0 Å². The summed E-state index contributed by atoms with van der Waals surface area (Å²) in [5.41, 5.74) is 4.71. The van der Waals surface area contributed by atoms with E-state index in [4.69, 9.17) is 26.9 Å². The molecular weight excluding hydrogens is 184 g/mol. The lowest BCUT2D eigenvalue weighted by Crippen LogP contribution is -2.05. The van der Waals surface area contributed by atoms with E-state index in [9.17, 15) is 0 Å². The van der Waals surface area contributed by atoms with Crippen molar-refractivity contribution >= 4 is 17.4 Å². The van der Waals surface area contributed by atoms with Crippen molar-refractivity contribution in [3.8, 4) is 12.1 Å². The fourth-order valence-corrected chi connectivity index (χ4v) is 0.601. The third kappa shape index (κ3) is 4.46. The lowest BCUT2D eigenvalue weighted by molar-refractivity contribution is 0.320. The minimum absolute atomic E-state index is 0.414. The van der Waals surface area contributed by atoms with Crippen molar-refractivity contribution in [3.63, 3.8) is 0 Å². The SMILES string of the molecule is N#CC(C#N)=NO.N=C1CCC(N)=N1. The van der Waals surface area contributed by atoms with E-state index in [1.54, 1.807) is 0 Å². The second kappa shape index (κ2) is 6.14. The Balaban J connectivity index is 0.000000241. The number of aliphatic imine (C=N–C) groups is 1. The Morgan fingerprint density at radius 2 is 2.07 bits per heavy atom. The largest absolute Gasteiger partial charge is 0.409 e. The van der Waals surface area contributed by atoms with E-state index in [-0.39, 0.29) is 0 Å². The van der Waals surface area contributed by atoms with Crippen LogP contribution in [0, 0.1) is 28.1 Å². The smallest absolute Gasteiger partial charge is 0.255 e. The standard InChI is InChI=1S/C4H7N3.C3HN3O/c5-3-1-2-4(6)7-3;4-1-3(2-5)6-7/h1-2H2,(H3,5,6,7);7H. The first kappa shape index (κ1) is 11.6. The molecule has 1 rings (SSSR count). The van der Waals surface area contributed by atoms with Crippen molar-refractivity contribution in [2.45, 2.75) is 12.8 Å². The lowest BCUT2D eigenvalue weighted by Gasteiger charge is -1.77. The van der Waals surface area contributed by atoms with Crippen LogP contribution >= 0.6 is 0 Å². The molecule has 0 atom stereocenters. The highest BCUT2D eigenvalue weighted by atomic mass is 16.4. The van der Waals surface area contributed by atoms with E-state index in [1.165, 1.54) is 12.1 Å². The molecule has 0 aliphatic carbocycles. The normalized spacial score (nSPS) is 12.7. The predicted octanol–water partition coefficient (Wildman–Crippen LogP) is -0.0216. The van der Waals surface area contributed by atoms with Gasteiger partial charge in [0, 0.05) is 12.8 Å². The molecule has 0 unspecified atom stereocenters. The summed E-state index contributed by atoms with van der Waals surface area (Å²) in [5, 5.41) is 32.4. The molecule has 0 saturated heterocycles. The van der Waals surface area contributed by atoms with Crippen molar-refractivity contribution in [1.82, 2.24) is 0 Å². The van der Waals surface area contributed by atoms with Crippen LogP contribution in [-0.2, 0) is 0 Å². The molecule has 72 valence electrons. The number of nitriles is 2. The molecule has 0 fully saturated rings. The van der Waals surface area contributed by atoms with Crippen LogP contribution in [0.4, 0.5) is 0 Å². The molecule has 0 aromatic carbocycles. The quantitative estimate of drug-likeness (QED) is 0.281. The summed E-state index contributed by atoms with van der Waals surface area (Å²) in [6.45, 7) is 0. The van der Waals surface area contributed by atoms with Crippen molar-refractivity contribution in [3.05, 3.63) is 0 Å². The van der Waals surface area contributed by atoms with Crippen molar-refractivity contribution < 1.29 is 5.21 Å². The van der Waals surface area contributed by atoms with Crippen LogP contribution in [0.5, 0.6) is 0 Å². The Kier molecular flexibility index (Phi) is 5.09. The Morgan fingerprint density at radius 3 is 2.14 bits per heavy atom. The van der Waals surface area contributed by atoms with E-state index in [2.05, 4.69) is 10.1 Å². The van der Waals surface area contributed by atoms with Gasteiger partial charge in [0.15, 0.2) is 0 Å². The van der Waals surface area contributed by atoms with Gasteiger partial charge in [-0.1, -0.05) is 5.16 Å². The maximum atomic E-state index is 7.76. The average Bonchev–Trinajstić information content (AvgIpc) is 2.54. The minimum atomic E-state index is -0.528. The molecule has 1 aliphatic heterocycles. The topological polar surface area (TPSA) is 142 Å². The third-order valence-electron chi connectivity index (χ3n) is 1.21. The molecule has 1 heterocycles. The lowest BCUT2D eigenvalue weighted by atomic mass is 10.3. The predicted molar refractivity (Wildman–Crippen MR) is 49.0 cm³/mol. The zero-order valence-corrected chi connectivity index (χ0v) is 7.23. The van der Waals surface area contributed by atoms with Crippen molar-refractivity contribution in [2.24, 2.45) is 15.9 Å². The molecular formula is C7H8N6O. The monoisotopic (exact) mass is 192 g/mol. The van der Waals surface area contributed by atoms with Gasteiger partial charge in [0.2, 0.25) is 0 Å². The van der Waals surface area contributed by atoms with Gasteiger partial charge in [-0.3, -0.25) is 5.41 Å². The van der Waals surface area contributed by atoms with Crippen LogP contribution < -0.4 is 5.73 Å². The summed E-state index contributed by atoms with van der Waals surface area (Å²) >= 11 is 0. The molecule has 4 N–H and O–H groups in total. The molecule has 0 saturated carbocycles. The van der Waals surface area contributed by atoms with Gasteiger partial charge in [-0.15, -0.1) is 0 Å². The highest BCUT2D eigenvalue weighted by molar-refractivity contribution is 6.09. The first-order chi connectivity index (χ1) is 6.63. The van der Waals surface area contributed by atoms with Gasteiger partial charge < -0.3 is 10.9 Å².